The van der Waals surface area contributed by atoms with Gasteiger partial charge in [0.2, 0.25) is 0 Å². The highest BCUT2D eigenvalue weighted by Gasteiger charge is 2.29. The predicted octanol–water partition coefficient (Wildman–Crippen LogP) is 1.87. The zero-order valence-electron chi connectivity index (χ0n) is 7.96. The van der Waals surface area contributed by atoms with E-state index in [2.05, 4.69) is 0 Å². The van der Waals surface area contributed by atoms with E-state index < -0.39 is 13.4 Å². The summed E-state index contributed by atoms with van der Waals surface area (Å²) in [6, 6.07) is 8.75. The maximum absolute atomic E-state index is 11.5. The summed E-state index contributed by atoms with van der Waals surface area (Å²) < 4.78 is 16.3. The predicted molar refractivity (Wildman–Crippen MR) is 54.8 cm³/mol. The second-order valence-electron chi connectivity index (χ2n) is 2.84. The second-order valence-corrected chi connectivity index (χ2v) is 4.78. The molecule has 0 saturated heterocycles. The molecule has 0 aliphatic rings. The topological polar surface area (TPSA) is 72.5 Å². The Morgan fingerprint density at radius 3 is 2.57 bits per heavy atom. The molecule has 1 aromatic carbocycles. The molecule has 0 fully saturated rings. The van der Waals surface area contributed by atoms with Crippen LogP contribution in [-0.4, -0.2) is 11.5 Å². The molecule has 0 aliphatic carbocycles. The van der Waals surface area contributed by atoms with Crippen molar-refractivity contribution in [1.29, 1.82) is 0 Å². The summed E-state index contributed by atoms with van der Waals surface area (Å²) in [4.78, 5) is 9.44. The number of hydrogen-bond donors (Lipinski definition) is 2. The smallest absolute Gasteiger partial charge is 0.323 e. The molecule has 2 atom stereocenters. The Morgan fingerprint density at radius 1 is 1.50 bits per heavy atom. The summed E-state index contributed by atoms with van der Waals surface area (Å²) in [5, 5.41) is 0. The van der Waals surface area contributed by atoms with Gasteiger partial charge < -0.3 is 15.2 Å². The normalized spacial score (nSPS) is 17.4. The average Bonchev–Trinajstić information content (AvgIpc) is 2.18. The first-order valence-electron chi connectivity index (χ1n) is 4.35. The maximum atomic E-state index is 11.5. The molecule has 1 rings (SSSR count). The van der Waals surface area contributed by atoms with E-state index in [1.807, 2.05) is 6.07 Å². The molecule has 0 saturated carbocycles. The second kappa shape index (κ2) is 4.71. The van der Waals surface area contributed by atoms with Crippen LogP contribution in [0.3, 0.4) is 0 Å². The molecule has 0 spiro atoms. The zero-order chi connectivity index (χ0) is 10.6. The molecular formula is C9H14NO3P. The van der Waals surface area contributed by atoms with Gasteiger partial charge in [-0.05, 0) is 12.5 Å². The van der Waals surface area contributed by atoms with Gasteiger partial charge >= 0.3 is 7.60 Å². The Labute approximate surface area is 83.2 Å². The Kier molecular flexibility index (Phi) is 3.84. The third kappa shape index (κ3) is 2.66. The molecule has 3 N–H and O–H groups in total. The molecule has 78 valence electrons. The maximum Gasteiger partial charge on any atom is 0.349 e. The van der Waals surface area contributed by atoms with E-state index in [1.165, 1.54) is 0 Å². The lowest BCUT2D eigenvalue weighted by atomic mass is 10.2. The van der Waals surface area contributed by atoms with Crippen LogP contribution in [0, 0.1) is 0 Å². The lowest BCUT2D eigenvalue weighted by Gasteiger charge is -2.18. The summed E-state index contributed by atoms with van der Waals surface area (Å²) in [5.41, 5.74) is 6.22. The van der Waals surface area contributed by atoms with Crippen molar-refractivity contribution in [2.24, 2.45) is 5.73 Å². The molecule has 4 nitrogen and oxygen atoms in total. The summed E-state index contributed by atoms with van der Waals surface area (Å²) in [5.74, 6) is -0.969. The van der Waals surface area contributed by atoms with Crippen LogP contribution in [0.15, 0.2) is 30.3 Å². The van der Waals surface area contributed by atoms with Crippen molar-refractivity contribution in [2.75, 3.05) is 6.61 Å². The molecule has 0 bridgehead atoms. The standard InChI is InChI=1S/C9H14NO3P/c1-2-13-14(11,12)9(10)8-6-4-3-5-7-8/h3-7,9H,2,10H2,1H3,(H,11,12)/t9-/m1/s1. The van der Waals surface area contributed by atoms with Crippen molar-refractivity contribution < 1.29 is 14.0 Å². The van der Waals surface area contributed by atoms with Gasteiger partial charge in [0.1, 0.15) is 5.78 Å². The Bertz CT molecular complexity index is 328. The van der Waals surface area contributed by atoms with Gasteiger partial charge in [-0.25, -0.2) is 0 Å². The third-order valence-electron chi connectivity index (χ3n) is 1.81. The van der Waals surface area contributed by atoms with Crippen molar-refractivity contribution in [1.82, 2.24) is 0 Å². The van der Waals surface area contributed by atoms with Gasteiger partial charge in [0, 0.05) is 0 Å². The van der Waals surface area contributed by atoms with Gasteiger partial charge in [0.15, 0.2) is 0 Å². The molecule has 0 amide bonds. The van der Waals surface area contributed by atoms with Crippen LogP contribution in [0.5, 0.6) is 0 Å². The van der Waals surface area contributed by atoms with Crippen LogP contribution < -0.4 is 5.73 Å². The average molecular weight is 215 g/mol. The molecule has 0 radical (unpaired) electrons. The highest BCUT2D eigenvalue weighted by Crippen LogP contribution is 2.53. The van der Waals surface area contributed by atoms with E-state index in [1.54, 1.807) is 31.2 Å². The first-order valence-corrected chi connectivity index (χ1v) is 6.00. The van der Waals surface area contributed by atoms with Crippen molar-refractivity contribution in [2.45, 2.75) is 12.7 Å². The van der Waals surface area contributed by atoms with Gasteiger partial charge in [-0.15, -0.1) is 0 Å². The highest BCUT2D eigenvalue weighted by atomic mass is 31.2. The summed E-state index contributed by atoms with van der Waals surface area (Å²) in [7, 11) is -3.73. The van der Waals surface area contributed by atoms with Gasteiger partial charge in [-0.2, -0.15) is 0 Å². The minimum Gasteiger partial charge on any atom is -0.323 e. The van der Waals surface area contributed by atoms with E-state index in [4.69, 9.17) is 10.3 Å². The molecule has 5 heteroatoms. The first-order chi connectivity index (χ1) is 6.58. The lowest BCUT2D eigenvalue weighted by Crippen LogP contribution is -2.12. The first kappa shape index (κ1) is 11.4. The number of hydrogen-bond acceptors (Lipinski definition) is 3. The van der Waals surface area contributed by atoms with Crippen LogP contribution in [0.25, 0.3) is 0 Å². The van der Waals surface area contributed by atoms with Crippen LogP contribution >= 0.6 is 7.60 Å². The van der Waals surface area contributed by atoms with Gasteiger partial charge in [0.25, 0.3) is 0 Å². The van der Waals surface area contributed by atoms with Gasteiger partial charge in [-0.1, -0.05) is 30.3 Å². The van der Waals surface area contributed by atoms with Crippen LogP contribution in [-0.2, 0) is 9.09 Å². The minimum atomic E-state index is -3.73. The zero-order valence-corrected chi connectivity index (χ0v) is 8.85. The van der Waals surface area contributed by atoms with Gasteiger partial charge in [0.05, 0.1) is 6.61 Å². The van der Waals surface area contributed by atoms with Crippen molar-refractivity contribution in [3.05, 3.63) is 35.9 Å². The highest BCUT2D eigenvalue weighted by molar-refractivity contribution is 7.53. The molecule has 0 aliphatic heterocycles. The summed E-state index contributed by atoms with van der Waals surface area (Å²) in [6.45, 7) is 1.83. The number of benzene rings is 1. The van der Waals surface area contributed by atoms with E-state index in [9.17, 15) is 9.46 Å². The van der Waals surface area contributed by atoms with Gasteiger partial charge in [-0.3, -0.25) is 4.57 Å². The van der Waals surface area contributed by atoms with Crippen LogP contribution in [0.1, 0.15) is 18.3 Å². The van der Waals surface area contributed by atoms with Crippen LogP contribution in [0.4, 0.5) is 0 Å². The fraction of sp³-hybridized carbons (Fsp3) is 0.333. The molecular weight excluding hydrogens is 201 g/mol. The van der Waals surface area contributed by atoms with Crippen LogP contribution in [0.2, 0.25) is 0 Å². The van der Waals surface area contributed by atoms with E-state index in [-0.39, 0.29) is 6.61 Å². The minimum absolute atomic E-state index is 0.175. The molecule has 14 heavy (non-hydrogen) atoms. The Morgan fingerprint density at radius 2 is 2.07 bits per heavy atom. The number of rotatable bonds is 4. The lowest BCUT2D eigenvalue weighted by molar-refractivity contribution is 0.265. The van der Waals surface area contributed by atoms with E-state index in [0.29, 0.717) is 5.56 Å². The quantitative estimate of drug-likeness (QED) is 0.752. The van der Waals surface area contributed by atoms with Crippen molar-refractivity contribution in [3.8, 4) is 0 Å². The molecule has 0 aromatic heterocycles. The van der Waals surface area contributed by atoms with Crippen molar-refractivity contribution in [3.63, 3.8) is 0 Å². The SMILES string of the molecule is CCOP(=O)(O)[C@@H](N)c1ccccc1. The fourth-order valence-electron chi connectivity index (χ4n) is 1.10. The summed E-state index contributed by atoms with van der Waals surface area (Å²) in [6.07, 6.45) is 0. The monoisotopic (exact) mass is 215 g/mol. The number of nitrogens with two attached hydrogens (primary N) is 1. The molecule has 0 heterocycles. The Balaban J connectivity index is 2.85. The molecule has 1 unspecified atom stereocenters. The largest absolute Gasteiger partial charge is 0.349 e. The summed E-state index contributed by atoms with van der Waals surface area (Å²) >= 11 is 0. The van der Waals surface area contributed by atoms with E-state index >= 15 is 0 Å². The third-order valence-corrected chi connectivity index (χ3v) is 3.44. The van der Waals surface area contributed by atoms with E-state index in [0.717, 1.165) is 0 Å². The van der Waals surface area contributed by atoms with Crippen molar-refractivity contribution >= 4 is 7.60 Å². The fourth-order valence-corrected chi connectivity index (χ4v) is 2.18. The molecule has 1 aromatic rings. The Hall–Kier alpha value is -0.670.